The van der Waals surface area contributed by atoms with Crippen molar-refractivity contribution in [3.8, 4) is 0 Å². The Balaban J connectivity index is 4.73. The second kappa shape index (κ2) is 6.21. The Bertz CT molecular complexity index is 172. The van der Waals surface area contributed by atoms with Gasteiger partial charge in [-0.1, -0.05) is 47.5 Å². The zero-order valence-corrected chi connectivity index (χ0v) is 10.8. The van der Waals surface area contributed by atoms with Crippen LogP contribution >= 0.6 is 0 Å². The number of hydrogen-bond donors (Lipinski definition) is 0. The van der Waals surface area contributed by atoms with E-state index < -0.39 is 0 Å². The molecule has 0 aliphatic carbocycles. The van der Waals surface area contributed by atoms with Crippen LogP contribution in [0.25, 0.3) is 0 Å². The fourth-order valence-corrected chi connectivity index (χ4v) is 2.47. The molecule has 0 amide bonds. The summed E-state index contributed by atoms with van der Waals surface area (Å²) >= 11 is 0. The summed E-state index contributed by atoms with van der Waals surface area (Å²) in [6.07, 6.45) is 5.98. The molecule has 84 valence electrons. The summed E-state index contributed by atoms with van der Waals surface area (Å²) in [7, 11) is 1.89. The van der Waals surface area contributed by atoms with Gasteiger partial charge in [-0.3, -0.25) is 0 Å². The van der Waals surface area contributed by atoms with E-state index in [0.29, 0.717) is 17.3 Å². The lowest BCUT2D eigenvalue weighted by atomic mass is 9.68. The van der Waals surface area contributed by atoms with E-state index in [2.05, 4.69) is 45.8 Å². The number of hydrogen-bond acceptors (Lipinski definition) is 1. The summed E-state index contributed by atoms with van der Waals surface area (Å²) < 4.78 is 0. The van der Waals surface area contributed by atoms with Crippen LogP contribution < -0.4 is 0 Å². The summed E-state index contributed by atoms with van der Waals surface area (Å²) in [5, 5.41) is 0. The van der Waals surface area contributed by atoms with E-state index in [0.717, 1.165) is 0 Å². The quantitative estimate of drug-likeness (QED) is 0.567. The van der Waals surface area contributed by atoms with Crippen LogP contribution in [0, 0.1) is 17.3 Å². The van der Waals surface area contributed by atoms with Crippen molar-refractivity contribution in [3.63, 3.8) is 0 Å². The highest BCUT2D eigenvalue weighted by Crippen LogP contribution is 2.39. The van der Waals surface area contributed by atoms with E-state index in [1.165, 1.54) is 19.3 Å². The minimum atomic E-state index is 0.433. The molecule has 0 saturated carbocycles. The molecule has 14 heavy (non-hydrogen) atoms. The van der Waals surface area contributed by atoms with Crippen LogP contribution in [-0.2, 0) is 0 Å². The highest BCUT2D eigenvalue weighted by Gasteiger charge is 2.32. The lowest BCUT2D eigenvalue weighted by Crippen LogP contribution is -2.31. The van der Waals surface area contributed by atoms with Gasteiger partial charge < -0.3 is 4.99 Å². The lowest BCUT2D eigenvalue weighted by Gasteiger charge is -2.37. The molecule has 0 aromatic rings. The molecule has 1 nitrogen and oxygen atoms in total. The van der Waals surface area contributed by atoms with Gasteiger partial charge in [0.2, 0.25) is 0 Å². The summed E-state index contributed by atoms with van der Waals surface area (Å²) in [6, 6.07) is 0. The molecule has 0 aromatic carbocycles. The maximum Gasteiger partial charge on any atom is 0.0273 e. The van der Waals surface area contributed by atoms with Gasteiger partial charge >= 0.3 is 0 Å². The molecule has 0 spiro atoms. The van der Waals surface area contributed by atoms with Crippen LogP contribution in [0.3, 0.4) is 0 Å². The number of aliphatic imine (C=N–C) groups is 1. The minimum absolute atomic E-state index is 0.433. The second-order valence-corrected chi connectivity index (χ2v) is 4.93. The van der Waals surface area contributed by atoms with E-state index >= 15 is 0 Å². The third-order valence-corrected chi connectivity index (χ3v) is 3.46. The van der Waals surface area contributed by atoms with Gasteiger partial charge in [-0.15, -0.1) is 0 Å². The predicted octanol–water partition coefficient (Wildman–Crippen LogP) is 4.18. The molecule has 1 heteroatoms. The molecule has 2 atom stereocenters. The molecule has 0 heterocycles. The van der Waals surface area contributed by atoms with Gasteiger partial charge in [-0.2, -0.15) is 0 Å². The lowest BCUT2D eigenvalue weighted by molar-refractivity contribution is 0.173. The molecule has 0 aliphatic rings. The molecule has 0 rings (SSSR count). The van der Waals surface area contributed by atoms with Crippen molar-refractivity contribution in [3.05, 3.63) is 0 Å². The Labute approximate surface area is 90.0 Å². The first kappa shape index (κ1) is 13.7. The van der Waals surface area contributed by atoms with Gasteiger partial charge in [-0.25, -0.2) is 0 Å². The second-order valence-electron chi connectivity index (χ2n) is 4.93. The maximum absolute atomic E-state index is 4.23. The van der Waals surface area contributed by atoms with Crippen LogP contribution in [-0.4, -0.2) is 13.3 Å². The molecule has 2 unspecified atom stereocenters. The van der Waals surface area contributed by atoms with E-state index in [1.54, 1.807) is 0 Å². The highest BCUT2D eigenvalue weighted by molar-refractivity contribution is 5.62. The van der Waals surface area contributed by atoms with Gasteiger partial charge in [-0.05, 0) is 17.8 Å². The van der Waals surface area contributed by atoms with Crippen LogP contribution in [0.5, 0.6) is 0 Å². The Kier molecular flexibility index (Phi) is 6.06. The van der Waals surface area contributed by atoms with Crippen molar-refractivity contribution in [1.82, 2.24) is 0 Å². The Morgan fingerprint density at radius 1 is 1.29 bits per heavy atom. The van der Waals surface area contributed by atoms with Crippen molar-refractivity contribution in [2.75, 3.05) is 7.05 Å². The zero-order valence-electron chi connectivity index (χ0n) is 10.8. The Morgan fingerprint density at radius 2 is 1.86 bits per heavy atom. The molecule has 0 aliphatic heterocycles. The molecule has 0 bridgehead atoms. The number of nitrogens with zero attached hydrogens (tertiary/aromatic N) is 1. The van der Waals surface area contributed by atoms with Crippen molar-refractivity contribution < 1.29 is 0 Å². The molecule has 0 fully saturated rings. The summed E-state index contributed by atoms with van der Waals surface area (Å²) in [4.78, 5) is 4.23. The maximum atomic E-state index is 4.23. The monoisotopic (exact) mass is 197 g/mol. The smallest absolute Gasteiger partial charge is 0.0273 e. The summed E-state index contributed by atoms with van der Waals surface area (Å²) in [5.41, 5.74) is 0.433. The molecular formula is C13H27N. The summed E-state index contributed by atoms with van der Waals surface area (Å²) in [5.74, 6) is 1.31. The van der Waals surface area contributed by atoms with Gasteiger partial charge in [0.25, 0.3) is 0 Å². The predicted molar refractivity (Wildman–Crippen MR) is 66.1 cm³/mol. The van der Waals surface area contributed by atoms with E-state index in [-0.39, 0.29) is 0 Å². The standard InChI is InChI=1S/C13H27N/c1-7-9-13(5,8-2)12(10-14-6)11(3)4/h10-12H,7-9H2,1-6H3. The van der Waals surface area contributed by atoms with Crippen LogP contribution in [0.15, 0.2) is 4.99 Å². The van der Waals surface area contributed by atoms with Crippen molar-refractivity contribution in [1.29, 1.82) is 0 Å². The molecule has 0 aromatic heterocycles. The van der Waals surface area contributed by atoms with Crippen LogP contribution in [0.2, 0.25) is 0 Å². The van der Waals surface area contributed by atoms with E-state index in [4.69, 9.17) is 0 Å². The first-order valence-corrected chi connectivity index (χ1v) is 5.94. The van der Waals surface area contributed by atoms with Crippen molar-refractivity contribution in [2.45, 2.75) is 53.9 Å². The molecular weight excluding hydrogens is 170 g/mol. The van der Waals surface area contributed by atoms with Gasteiger partial charge in [0.1, 0.15) is 0 Å². The first-order valence-electron chi connectivity index (χ1n) is 5.94. The van der Waals surface area contributed by atoms with Gasteiger partial charge in [0.05, 0.1) is 0 Å². The first-order chi connectivity index (χ1) is 6.51. The number of rotatable bonds is 6. The normalized spacial score (nSPS) is 18.8. The Morgan fingerprint density at radius 3 is 2.14 bits per heavy atom. The van der Waals surface area contributed by atoms with Crippen LogP contribution in [0.4, 0.5) is 0 Å². The largest absolute Gasteiger partial charge is 0.301 e. The average Bonchev–Trinajstić information content (AvgIpc) is 2.14. The minimum Gasteiger partial charge on any atom is -0.301 e. The van der Waals surface area contributed by atoms with Crippen molar-refractivity contribution in [2.24, 2.45) is 22.2 Å². The molecule has 0 saturated heterocycles. The third-order valence-electron chi connectivity index (χ3n) is 3.46. The zero-order chi connectivity index (χ0) is 11.2. The van der Waals surface area contributed by atoms with Crippen LogP contribution in [0.1, 0.15) is 53.9 Å². The van der Waals surface area contributed by atoms with E-state index in [9.17, 15) is 0 Å². The van der Waals surface area contributed by atoms with Crippen molar-refractivity contribution >= 4 is 6.21 Å². The fourth-order valence-electron chi connectivity index (χ4n) is 2.47. The summed E-state index contributed by atoms with van der Waals surface area (Å²) in [6.45, 7) is 11.6. The SMILES string of the molecule is CCCC(C)(CC)C(C=NC)C(C)C. The fraction of sp³-hybridized carbons (Fsp3) is 0.923. The average molecular weight is 197 g/mol. The van der Waals surface area contributed by atoms with Gasteiger partial charge in [0.15, 0.2) is 0 Å². The topological polar surface area (TPSA) is 12.4 Å². The van der Waals surface area contributed by atoms with Gasteiger partial charge in [0, 0.05) is 19.2 Å². The molecule has 0 radical (unpaired) electrons. The Hall–Kier alpha value is -0.330. The highest BCUT2D eigenvalue weighted by atomic mass is 14.7. The van der Waals surface area contributed by atoms with E-state index in [1.807, 2.05) is 7.05 Å². The third kappa shape index (κ3) is 3.43. The molecule has 0 N–H and O–H groups in total.